The van der Waals surface area contributed by atoms with Gasteiger partial charge in [0.25, 0.3) is 0 Å². The van der Waals surface area contributed by atoms with Crippen LogP contribution in [0.2, 0.25) is 0 Å². The smallest absolute Gasteiger partial charge is 0.220 e. The molecule has 0 unspecified atom stereocenters. The lowest BCUT2D eigenvalue weighted by Gasteiger charge is -2.06. The number of aromatic hydroxyl groups is 2. The maximum Gasteiger partial charge on any atom is 0.220 e. The molecular formula is C16H25NO3. The Hall–Kier alpha value is -1.71. The summed E-state index contributed by atoms with van der Waals surface area (Å²) in [7, 11) is 0. The first kappa shape index (κ1) is 16.3. The summed E-state index contributed by atoms with van der Waals surface area (Å²) in [4.78, 5) is 11.6. The van der Waals surface area contributed by atoms with Gasteiger partial charge in [-0.3, -0.25) is 4.79 Å². The van der Waals surface area contributed by atoms with Crippen LogP contribution >= 0.6 is 0 Å². The molecule has 112 valence electrons. The summed E-state index contributed by atoms with van der Waals surface area (Å²) in [5.74, 6) is -0.154. The van der Waals surface area contributed by atoms with E-state index in [-0.39, 0.29) is 17.4 Å². The SMILES string of the molecule is CCCCCCCC(=O)NCCc1ccc(O)c(O)c1. The number of benzene rings is 1. The van der Waals surface area contributed by atoms with Crippen LogP contribution in [-0.4, -0.2) is 22.7 Å². The molecule has 0 atom stereocenters. The van der Waals surface area contributed by atoms with Gasteiger partial charge in [0.05, 0.1) is 0 Å². The summed E-state index contributed by atoms with van der Waals surface area (Å²) in [6.07, 6.45) is 6.97. The van der Waals surface area contributed by atoms with Crippen molar-refractivity contribution >= 4 is 5.91 Å². The number of phenols is 2. The van der Waals surface area contributed by atoms with Crippen molar-refractivity contribution in [3.63, 3.8) is 0 Å². The monoisotopic (exact) mass is 279 g/mol. The number of nitrogens with one attached hydrogen (secondary N) is 1. The fraction of sp³-hybridized carbons (Fsp3) is 0.562. The van der Waals surface area contributed by atoms with Crippen LogP contribution in [0.25, 0.3) is 0 Å². The lowest BCUT2D eigenvalue weighted by molar-refractivity contribution is -0.121. The second-order valence-corrected chi connectivity index (χ2v) is 5.09. The van der Waals surface area contributed by atoms with Crippen LogP contribution in [-0.2, 0) is 11.2 Å². The topological polar surface area (TPSA) is 69.6 Å². The van der Waals surface area contributed by atoms with E-state index in [4.69, 9.17) is 0 Å². The van der Waals surface area contributed by atoms with E-state index >= 15 is 0 Å². The molecule has 3 N–H and O–H groups in total. The summed E-state index contributed by atoms with van der Waals surface area (Å²) in [6, 6.07) is 4.72. The lowest BCUT2D eigenvalue weighted by Crippen LogP contribution is -2.25. The van der Waals surface area contributed by atoms with Gasteiger partial charge in [-0.15, -0.1) is 0 Å². The molecule has 0 saturated carbocycles. The summed E-state index contributed by atoms with van der Waals surface area (Å²) in [5.41, 5.74) is 0.892. The van der Waals surface area contributed by atoms with Gasteiger partial charge in [0, 0.05) is 13.0 Å². The number of carbonyl (C=O) groups excluding carboxylic acids is 1. The van der Waals surface area contributed by atoms with Gasteiger partial charge in [-0.2, -0.15) is 0 Å². The van der Waals surface area contributed by atoms with Gasteiger partial charge in [-0.1, -0.05) is 38.7 Å². The van der Waals surface area contributed by atoms with Gasteiger partial charge in [-0.05, 0) is 30.5 Å². The van der Waals surface area contributed by atoms with Crippen molar-refractivity contribution in [3.05, 3.63) is 23.8 Å². The molecule has 0 aromatic heterocycles. The van der Waals surface area contributed by atoms with Crippen LogP contribution in [0.5, 0.6) is 11.5 Å². The van der Waals surface area contributed by atoms with Crippen LogP contribution < -0.4 is 5.32 Å². The molecule has 1 aromatic rings. The Morgan fingerprint density at radius 2 is 1.85 bits per heavy atom. The average molecular weight is 279 g/mol. The molecule has 0 aliphatic carbocycles. The maximum atomic E-state index is 11.6. The largest absolute Gasteiger partial charge is 0.504 e. The van der Waals surface area contributed by atoms with Crippen LogP contribution in [0.3, 0.4) is 0 Å². The molecule has 4 heteroatoms. The third-order valence-electron chi connectivity index (χ3n) is 3.28. The Labute approximate surface area is 120 Å². The molecule has 0 radical (unpaired) electrons. The van der Waals surface area contributed by atoms with Crippen molar-refractivity contribution in [1.82, 2.24) is 5.32 Å². The van der Waals surface area contributed by atoms with Gasteiger partial charge in [0.15, 0.2) is 11.5 Å². The Balaban J connectivity index is 2.13. The first-order valence-corrected chi connectivity index (χ1v) is 7.41. The molecule has 0 saturated heterocycles. The van der Waals surface area contributed by atoms with E-state index in [1.165, 1.54) is 31.4 Å². The molecule has 0 spiro atoms. The number of hydrogen-bond acceptors (Lipinski definition) is 3. The molecule has 0 heterocycles. The normalized spacial score (nSPS) is 10.4. The molecule has 0 bridgehead atoms. The molecule has 1 rings (SSSR count). The van der Waals surface area contributed by atoms with Crippen molar-refractivity contribution in [3.8, 4) is 11.5 Å². The summed E-state index contributed by atoms with van der Waals surface area (Å²) < 4.78 is 0. The fourth-order valence-electron chi connectivity index (χ4n) is 2.05. The van der Waals surface area contributed by atoms with Gasteiger partial charge in [0.2, 0.25) is 5.91 Å². The highest BCUT2D eigenvalue weighted by Gasteiger charge is 2.03. The van der Waals surface area contributed by atoms with Crippen LogP contribution in [0, 0.1) is 0 Å². The molecule has 0 aliphatic heterocycles. The first-order chi connectivity index (χ1) is 9.63. The number of unbranched alkanes of at least 4 members (excludes halogenated alkanes) is 4. The van der Waals surface area contributed by atoms with Crippen molar-refractivity contribution in [1.29, 1.82) is 0 Å². The van der Waals surface area contributed by atoms with E-state index in [9.17, 15) is 15.0 Å². The Bertz CT molecular complexity index is 418. The van der Waals surface area contributed by atoms with E-state index < -0.39 is 0 Å². The first-order valence-electron chi connectivity index (χ1n) is 7.41. The fourth-order valence-corrected chi connectivity index (χ4v) is 2.05. The summed E-state index contributed by atoms with van der Waals surface area (Å²) in [5, 5.41) is 21.4. The lowest BCUT2D eigenvalue weighted by atomic mass is 10.1. The van der Waals surface area contributed by atoms with E-state index in [1.54, 1.807) is 6.07 Å². The van der Waals surface area contributed by atoms with Gasteiger partial charge in [-0.25, -0.2) is 0 Å². The van der Waals surface area contributed by atoms with Gasteiger partial charge >= 0.3 is 0 Å². The second kappa shape index (κ2) is 9.23. The number of phenolic OH excluding ortho intramolecular Hbond substituents is 2. The highest BCUT2D eigenvalue weighted by atomic mass is 16.3. The zero-order chi connectivity index (χ0) is 14.8. The highest BCUT2D eigenvalue weighted by Crippen LogP contribution is 2.24. The predicted molar refractivity (Wildman–Crippen MR) is 79.9 cm³/mol. The number of amides is 1. The van der Waals surface area contributed by atoms with Gasteiger partial charge < -0.3 is 15.5 Å². The zero-order valence-corrected chi connectivity index (χ0v) is 12.2. The van der Waals surface area contributed by atoms with Gasteiger partial charge in [0.1, 0.15) is 0 Å². The van der Waals surface area contributed by atoms with Crippen molar-refractivity contribution in [2.24, 2.45) is 0 Å². The third-order valence-corrected chi connectivity index (χ3v) is 3.28. The number of rotatable bonds is 9. The van der Waals surface area contributed by atoms with Crippen LogP contribution in [0.4, 0.5) is 0 Å². The summed E-state index contributed by atoms with van der Waals surface area (Å²) in [6.45, 7) is 2.73. The minimum atomic E-state index is -0.121. The second-order valence-electron chi connectivity index (χ2n) is 5.09. The molecule has 0 aliphatic rings. The maximum absolute atomic E-state index is 11.6. The summed E-state index contributed by atoms with van der Waals surface area (Å²) >= 11 is 0. The quantitative estimate of drug-likeness (QED) is 0.480. The average Bonchev–Trinajstić information content (AvgIpc) is 2.42. The van der Waals surface area contributed by atoms with E-state index in [2.05, 4.69) is 12.2 Å². The minimum Gasteiger partial charge on any atom is -0.504 e. The highest BCUT2D eigenvalue weighted by molar-refractivity contribution is 5.75. The predicted octanol–water partition coefficient (Wildman–Crippen LogP) is 3.12. The molecule has 4 nitrogen and oxygen atoms in total. The number of carbonyl (C=O) groups is 1. The standard InChI is InChI=1S/C16H25NO3/c1-2-3-4-5-6-7-16(20)17-11-10-13-8-9-14(18)15(19)12-13/h8-9,12,18-19H,2-7,10-11H2,1H3,(H,17,20). The Morgan fingerprint density at radius 3 is 2.55 bits per heavy atom. The van der Waals surface area contributed by atoms with Crippen molar-refractivity contribution in [2.45, 2.75) is 51.9 Å². The van der Waals surface area contributed by atoms with E-state index in [1.807, 2.05) is 0 Å². The van der Waals surface area contributed by atoms with Crippen molar-refractivity contribution < 1.29 is 15.0 Å². The van der Waals surface area contributed by atoms with E-state index in [0.29, 0.717) is 19.4 Å². The van der Waals surface area contributed by atoms with Crippen LogP contribution in [0.1, 0.15) is 51.0 Å². The number of hydrogen-bond donors (Lipinski definition) is 3. The Morgan fingerprint density at radius 1 is 1.10 bits per heavy atom. The van der Waals surface area contributed by atoms with E-state index in [0.717, 1.165) is 18.4 Å². The molecular weight excluding hydrogens is 254 g/mol. The zero-order valence-electron chi connectivity index (χ0n) is 12.2. The van der Waals surface area contributed by atoms with Crippen molar-refractivity contribution in [2.75, 3.05) is 6.54 Å². The third kappa shape index (κ3) is 6.45. The Kier molecular flexibility index (Phi) is 7.55. The minimum absolute atomic E-state index is 0.0875. The molecule has 20 heavy (non-hydrogen) atoms. The van der Waals surface area contributed by atoms with Crippen LogP contribution in [0.15, 0.2) is 18.2 Å². The molecule has 1 aromatic carbocycles. The molecule has 0 fully saturated rings. The molecule has 1 amide bonds.